The number of hydrogen-bond donors (Lipinski definition) is 1. The summed E-state index contributed by atoms with van der Waals surface area (Å²) in [6.07, 6.45) is 2.29. The molecule has 1 rings (SSSR count). The Morgan fingerprint density at radius 1 is 1.35 bits per heavy atom. The van der Waals surface area contributed by atoms with E-state index in [0.717, 1.165) is 19.3 Å². The Balaban J connectivity index is 2.65. The molecule has 1 atom stereocenters. The number of ether oxygens (including phenoxy) is 1. The van der Waals surface area contributed by atoms with E-state index in [0.29, 0.717) is 0 Å². The van der Waals surface area contributed by atoms with Crippen molar-refractivity contribution in [3.63, 3.8) is 0 Å². The van der Waals surface area contributed by atoms with Gasteiger partial charge in [0.05, 0.1) is 0 Å². The van der Waals surface area contributed by atoms with Gasteiger partial charge in [-0.15, -0.1) is 0 Å². The van der Waals surface area contributed by atoms with E-state index in [1.165, 1.54) is 12.1 Å². The molecule has 0 fully saturated rings. The number of carbonyl (C=O) groups excluding carboxylic acids is 1. The molecule has 5 heteroatoms. The highest BCUT2D eigenvalue weighted by molar-refractivity contribution is 5.90. The van der Waals surface area contributed by atoms with E-state index in [4.69, 9.17) is 14.3 Å². The summed E-state index contributed by atoms with van der Waals surface area (Å²) >= 11 is 0. The lowest BCUT2D eigenvalue weighted by Gasteiger charge is -2.13. The zero-order valence-corrected chi connectivity index (χ0v) is 9.93. The van der Waals surface area contributed by atoms with Crippen molar-refractivity contribution in [2.75, 3.05) is 0 Å². The van der Waals surface area contributed by atoms with Crippen LogP contribution >= 0.6 is 0 Å². The molecule has 0 radical (unpaired) electrons. The van der Waals surface area contributed by atoms with Gasteiger partial charge in [0, 0.05) is 0 Å². The molecule has 1 heterocycles. The molecule has 0 amide bonds. The summed E-state index contributed by atoms with van der Waals surface area (Å²) in [5.74, 6) is -2.15. The van der Waals surface area contributed by atoms with Crippen LogP contribution in [0.3, 0.4) is 0 Å². The van der Waals surface area contributed by atoms with Crippen LogP contribution in [0.25, 0.3) is 0 Å². The Kier molecular flexibility index (Phi) is 4.75. The van der Waals surface area contributed by atoms with Crippen molar-refractivity contribution < 1.29 is 23.8 Å². The zero-order chi connectivity index (χ0) is 12.8. The molecule has 0 aromatic carbocycles. The molecular formula is C12H16O5. The number of hydrogen-bond acceptors (Lipinski definition) is 4. The van der Waals surface area contributed by atoms with Crippen LogP contribution in [-0.2, 0) is 4.74 Å². The minimum absolute atomic E-state index is 0.0723. The fraction of sp³-hybridized carbons (Fsp3) is 0.500. The smallest absolute Gasteiger partial charge is 0.374 e. The summed E-state index contributed by atoms with van der Waals surface area (Å²) in [4.78, 5) is 22.2. The number of esters is 1. The lowest BCUT2D eigenvalue weighted by molar-refractivity contribution is 0.0234. The Bertz CT molecular complexity index is 393. The van der Waals surface area contributed by atoms with E-state index < -0.39 is 11.9 Å². The lowest BCUT2D eigenvalue weighted by Crippen LogP contribution is -2.16. The molecule has 1 N–H and O–H groups in total. The first-order valence-corrected chi connectivity index (χ1v) is 5.62. The van der Waals surface area contributed by atoms with E-state index in [1.54, 1.807) is 0 Å². The predicted octanol–water partition coefficient (Wildman–Crippen LogP) is 2.71. The average molecular weight is 240 g/mol. The Hall–Kier alpha value is -1.78. The normalized spacial score (nSPS) is 12.1. The Labute approximate surface area is 99.4 Å². The van der Waals surface area contributed by atoms with Gasteiger partial charge in [0.2, 0.25) is 11.5 Å². The van der Waals surface area contributed by atoms with Crippen molar-refractivity contribution in [3.8, 4) is 0 Å². The molecule has 0 saturated heterocycles. The van der Waals surface area contributed by atoms with Crippen LogP contribution < -0.4 is 0 Å². The van der Waals surface area contributed by atoms with Crippen LogP contribution in [0.4, 0.5) is 0 Å². The number of aromatic carboxylic acids is 1. The van der Waals surface area contributed by atoms with E-state index >= 15 is 0 Å². The van der Waals surface area contributed by atoms with E-state index in [-0.39, 0.29) is 17.6 Å². The van der Waals surface area contributed by atoms with Gasteiger partial charge in [-0.3, -0.25) is 0 Å². The minimum atomic E-state index is -1.20. The molecule has 1 unspecified atom stereocenters. The van der Waals surface area contributed by atoms with Crippen molar-refractivity contribution in [1.29, 1.82) is 0 Å². The molecule has 0 spiro atoms. The van der Waals surface area contributed by atoms with Gasteiger partial charge in [0.1, 0.15) is 6.10 Å². The molecule has 0 aliphatic carbocycles. The third kappa shape index (κ3) is 3.62. The summed E-state index contributed by atoms with van der Waals surface area (Å²) in [6, 6.07) is 2.55. The van der Waals surface area contributed by atoms with Crippen LogP contribution in [-0.4, -0.2) is 23.1 Å². The summed E-state index contributed by atoms with van der Waals surface area (Å²) < 4.78 is 10.0. The molecule has 0 bridgehead atoms. The molecule has 1 aromatic heterocycles. The van der Waals surface area contributed by atoms with Gasteiger partial charge in [-0.1, -0.05) is 20.3 Å². The minimum Gasteiger partial charge on any atom is -0.475 e. The zero-order valence-electron chi connectivity index (χ0n) is 9.93. The van der Waals surface area contributed by atoms with Gasteiger partial charge in [-0.05, 0) is 25.0 Å². The topological polar surface area (TPSA) is 76.7 Å². The predicted molar refractivity (Wildman–Crippen MR) is 60.1 cm³/mol. The second-order valence-corrected chi connectivity index (χ2v) is 3.69. The van der Waals surface area contributed by atoms with Crippen molar-refractivity contribution >= 4 is 11.9 Å². The maximum Gasteiger partial charge on any atom is 0.374 e. The van der Waals surface area contributed by atoms with Crippen molar-refractivity contribution in [3.05, 3.63) is 23.7 Å². The highest BCUT2D eigenvalue weighted by atomic mass is 16.6. The molecule has 5 nitrogen and oxygen atoms in total. The molecule has 94 valence electrons. The van der Waals surface area contributed by atoms with Gasteiger partial charge in [0.25, 0.3) is 0 Å². The molecule has 17 heavy (non-hydrogen) atoms. The highest BCUT2D eigenvalue weighted by Gasteiger charge is 2.19. The van der Waals surface area contributed by atoms with Crippen molar-refractivity contribution in [2.45, 2.75) is 39.2 Å². The monoisotopic (exact) mass is 240 g/mol. The maximum absolute atomic E-state index is 11.6. The highest BCUT2D eigenvalue weighted by Crippen LogP contribution is 2.13. The second kappa shape index (κ2) is 6.08. The van der Waals surface area contributed by atoms with Gasteiger partial charge in [-0.25, -0.2) is 9.59 Å². The van der Waals surface area contributed by atoms with Crippen molar-refractivity contribution in [1.82, 2.24) is 0 Å². The summed E-state index contributed by atoms with van der Waals surface area (Å²) in [5.41, 5.74) is 0. The van der Waals surface area contributed by atoms with E-state index in [1.807, 2.05) is 13.8 Å². The van der Waals surface area contributed by atoms with Crippen molar-refractivity contribution in [2.24, 2.45) is 0 Å². The lowest BCUT2D eigenvalue weighted by atomic mass is 10.1. The third-order valence-corrected chi connectivity index (χ3v) is 2.36. The molecular weight excluding hydrogens is 224 g/mol. The largest absolute Gasteiger partial charge is 0.475 e. The third-order valence-electron chi connectivity index (χ3n) is 2.36. The number of carbonyl (C=O) groups is 2. The fourth-order valence-electron chi connectivity index (χ4n) is 1.44. The molecule has 0 aliphatic rings. The van der Waals surface area contributed by atoms with E-state index in [9.17, 15) is 9.59 Å². The SMILES string of the molecule is CCCC(CC)OC(=O)c1ccc(C(=O)O)o1. The Morgan fingerprint density at radius 2 is 2.00 bits per heavy atom. The van der Waals surface area contributed by atoms with Gasteiger partial charge >= 0.3 is 11.9 Å². The van der Waals surface area contributed by atoms with Crippen LogP contribution in [0.2, 0.25) is 0 Å². The van der Waals surface area contributed by atoms with Gasteiger partial charge in [0.15, 0.2) is 0 Å². The van der Waals surface area contributed by atoms with Crippen LogP contribution in [0.1, 0.15) is 54.2 Å². The molecule has 1 aromatic rings. The molecule has 0 aliphatic heterocycles. The standard InChI is InChI=1S/C12H16O5/c1-3-5-8(4-2)16-12(15)10-7-6-9(17-10)11(13)14/h6-8H,3-5H2,1-2H3,(H,13,14). The first kappa shape index (κ1) is 13.3. The van der Waals surface area contributed by atoms with Crippen LogP contribution in [0.5, 0.6) is 0 Å². The average Bonchev–Trinajstić information content (AvgIpc) is 2.77. The summed E-state index contributed by atoms with van der Waals surface area (Å²) in [6.45, 7) is 3.93. The summed E-state index contributed by atoms with van der Waals surface area (Å²) in [5, 5.41) is 8.65. The Morgan fingerprint density at radius 3 is 2.47 bits per heavy atom. The fourth-order valence-corrected chi connectivity index (χ4v) is 1.44. The summed E-state index contributed by atoms with van der Waals surface area (Å²) in [7, 11) is 0. The van der Waals surface area contributed by atoms with E-state index in [2.05, 4.69) is 0 Å². The number of carboxylic acid groups (broad SMARTS) is 1. The van der Waals surface area contributed by atoms with Gasteiger partial charge in [-0.2, -0.15) is 0 Å². The first-order valence-electron chi connectivity index (χ1n) is 5.62. The number of rotatable bonds is 6. The first-order chi connectivity index (χ1) is 8.08. The molecule has 0 saturated carbocycles. The van der Waals surface area contributed by atoms with Gasteiger partial charge < -0.3 is 14.3 Å². The number of furan rings is 1. The maximum atomic E-state index is 11.6. The number of carboxylic acids is 1. The second-order valence-electron chi connectivity index (χ2n) is 3.69. The van der Waals surface area contributed by atoms with Crippen LogP contribution in [0, 0.1) is 0 Å². The quantitative estimate of drug-likeness (QED) is 0.773. The van der Waals surface area contributed by atoms with Crippen LogP contribution in [0.15, 0.2) is 16.5 Å².